The highest BCUT2D eigenvalue weighted by Gasteiger charge is 2.19. The van der Waals surface area contributed by atoms with Crippen LogP contribution in [-0.2, 0) is 0 Å². The maximum atomic E-state index is 13.3. The largest absolute Gasteiger partial charge is 0.298 e. The summed E-state index contributed by atoms with van der Waals surface area (Å²) in [5.74, 6) is -5.44. The van der Waals surface area contributed by atoms with E-state index in [1.54, 1.807) is 0 Å². The van der Waals surface area contributed by atoms with E-state index in [4.69, 9.17) is 0 Å². The van der Waals surface area contributed by atoms with Gasteiger partial charge in [-0.1, -0.05) is 11.3 Å². The number of hydrogen-bond donors (Lipinski definition) is 1. The van der Waals surface area contributed by atoms with E-state index in [1.807, 2.05) is 0 Å². The van der Waals surface area contributed by atoms with E-state index in [1.165, 1.54) is 6.20 Å². The Morgan fingerprint density at radius 2 is 2.00 bits per heavy atom. The zero-order valence-electron chi connectivity index (χ0n) is 8.51. The summed E-state index contributed by atoms with van der Waals surface area (Å²) in [5.41, 5.74) is -0.583. The Morgan fingerprint density at radius 1 is 1.28 bits per heavy atom. The van der Waals surface area contributed by atoms with E-state index in [-0.39, 0.29) is 5.13 Å². The van der Waals surface area contributed by atoms with Crippen LogP contribution >= 0.6 is 27.3 Å². The number of hydrogen-bond acceptors (Lipinski definition) is 3. The summed E-state index contributed by atoms with van der Waals surface area (Å²) in [4.78, 5) is 15.4. The lowest BCUT2D eigenvalue weighted by molar-refractivity contribution is 0.102. The molecule has 3 nitrogen and oxygen atoms in total. The molecular weight excluding hydrogens is 333 g/mol. The second-order valence-corrected chi connectivity index (χ2v) is 5.56. The van der Waals surface area contributed by atoms with E-state index in [9.17, 15) is 18.0 Å². The van der Waals surface area contributed by atoms with Gasteiger partial charge in [0.2, 0.25) is 0 Å². The van der Waals surface area contributed by atoms with Crippen molar-refractivity contribution in [3.05, 3.63) is 45.1 Å². The SMILES string of the molecule is O=C(Nc1ncc(Br)s1)c1ccc(F)c(F)c1F. The van der Waals surface area contributed by atoms with E-state index < -0.39 is 28.9 Å². The van der Waals surface area contributed by atoms with Gasteiger partial charge < -0.3 is 0 Å². The van der Waals surface area contributed by atoms with Crippen molar-refractivity contribution in [1.29, 1.82) is 0 Å². The molecule has 94 valence electrons. The molecule has 0 aliphatic heterocycles. The lowest BCUT2D eigenvalue weighted by Gasteiger charge is -2.04. The van der Waals surface area contributed by atoms with Crippen molar-refractivity contribution in [2.24, 2.45) is 0 Å². The van der Waals surface area contributed by atoms with Crippen LogP contribution in [0.15, 0.2) is 22.1 Å². The van der Waals surface area contributed by atoms with Gasteiger partial charge >= 0.3 is 0 Å². The van der Waals surface area contributed by atoms with E-state index in [2.05, 4.69) is 26.2 Å². The van der Waals surface area contributed by atoms with Crippen LogP contribution in [0.4, 0.5) is 18.3 Å². The minimum absolute atomic E-state index is 0.219. The molecule has 0 radical (unpaired) electrons. The van der Waals surface area contributed by atoms with Crippen molar-refractivity contribution in [3.8, 4) is 0 Å². The maximum Gasteiger partial charge on any atom is 0.260 e. The highest BCUT2D eigenvalue weighted by Crippen LogP contribution is 2.24. The number of nitrogens with one attached hydrogen (secondary N) is 1. The Kier molecular flexibility index (Phi) is 3.67. The summed E-state index contributed by atoms with van der Waals surface area (Å²) in [5, 5.41) is 2.49. The van der Waals surface area contributed by atoms with Crippen molar-refractivity contribution < 1.29 is 18.0 Å². The molecular formula is C10H4BrF3N2OS. The predicted octanol–water partition coefficient (Wildman–Crippen LogP) is 3.58. The van der Waals surface area contributed by atoms with Crippen molar-refractivity contribution in [3.63, 3.8) is 0 Å². The average Bonchev–Trinajstić information content (AvgIpc) is 2.71. The summed E-state index contributed by atoms with van der Waals surface area (Å²) >= 11 is 4.24. The van der Waals surface area contributed by atoms with Crippen LogP contribution < -0.4 is 5.32 Å². The molecule has 0 aliphatic rings. The molecule has 0 saturated heterocycles. The Bertz CT molecular complexity index is 617. The lowest BCUT2D eigenvalue weighted by atomic mass is 10.2. The van der Waals surface area contributed by atoms with Gasteiger partial charge in [0, 0.05) is 0 Å². The normalized spacial score (nSPS) is 10.4. The number of rotatable bonds is 2. The molecule has 8 heteroatoms. The smallest absolute Gasteiger partial charge is 0.260 e. The number of amides is 1. The number of nitrogens with zero attached hydrogens (tertiary/aromatic N) is 1. The third-order valence-electron chi connectivity index (χ3n) is 1.98. The standard InChI is InChI=1S/C10H4BrF3N2OS/c11-6-3-15-10(18-6)16-9(17)4-1-2-5(12)8(14)7(4)13/h1-3H,(H,15,16,17). The van der Waals surface area contributed by atoms with Gasteiger partial charge in [-0.2, -0.15) is 0 Å². The van der Waals surface area contributed by atoms with E-state index >= 15 is 0 Å². The van der Waals surface area contributed by atoms with Crippen LogP contribution in [0.3, 0.4) is 0 Å². The average molecular weight is 337 g/mol. The Balaban J connectivity index is 2.27. The molecule has 0 saturated carbocycles. The molecule has 0 aliphatic carbocycles. The summed E-state index contributed by atoms with van der Waals surface area (Å²) in [6, 6.07) is 1.55. The molecule has 0 bridgehead atoms. The van der Waals surface area contributed by atoms with Crippen LogP contribution in [0.2, 0.25) is 0 Å². The molecule has 0 atom stereocenters. The van der Waals surface area contributed by atoms with Crippen molar-refractivity contribution in [1.82, 2.24) is 4.98 Å². The first kappa shape index (κ1) is 13.0. The summed E-state index contributed by atoms with van der Waals surface area (Å²) < 4.78 is 39.6. The first-order valence-corrected chi connectivity index (χ1v) is 6.16. The fourth-order valence-corrected chi connectivity index (χ4v) is 2.28. The number of halogens is 4. The molecule has 2 rings (SSSR count). The molecule has 1 aromatic carbocycles. The van der Waals surface area contributed by atoms with Crippen LogP contribution in [-0.4, -0.2) is 10.9 Å². The fraction of sp³-hybridized carbons (Fsp3) is 0. The quantitative estimate of drug-likeness (QED) is 0.852. The van der Waals surface area contributed by atoms with E-state index in [0.717, 1.165) is 17.4 Å². The van der Waals surface area contributed by atoms with Gasteiger partial charge in [0.05, 0.1) is 15.5 Å². The minimum atomic E-state index is -1.68. The van der Waals surface area contributed by atoms with Gasteiger partial charge in [-0.05, 0) is 28.1 Å². The second-order valence-electron chi connectivity index (χ2n) is 3.15. The Morgan fingerprint density at radius 3 is 2.61 bits per heavy atom. The van der Waals surface area contributed by atoms with Gasteiger partial charge in [0.25, 0.3) is 5.91 Å². The minimum Gasteiger partial charge on any atom is -0.298 e. The molecule has 1 aromatic heterocycles. The van der Waals surface area contributed by atoms with Gasteiger partial charge in [-0.25, -0.2) is 18.2 Å². The molecule has 1 amide bonds. The number of anilines is 1. The highest BCUT2D eigenvalue weighted by atomic mass is 79.9. The third kappa shape index (κ3) is 2.54. The number of aromatic nitrogens is 1. The number of thiazole rings is 1. The number of carbonyl (C=O) groups excluding carboxylic acids is 1. The molecule has 0 fully saturated rings. The number of benzene rings is 1. The molecule has 18 heavy (non-hydrogen) atoms. The topological polar surface area (TPSA) is 42.0 Å². The summed E-state index contributed by atoms with van der Waals surface area (Å²) in [6.45, 7) is 0. The molecule has 1 N–H and O–H groups in total. The maximum absolute atomic E-state index is 13.3. The fourth-order valence-electron chi connectivity index (χ4n) is 1.18. The molecule has 0 unspecified atom stereocenters. The first-order chi connectivity index (χ1) is 8.49. The van der Waals surface area contributed by atoms with Crippen molar-refractivity contribution in [2.45, 2.75) is 0 Å². The van der Waals surface area contributed by atoms with Gasteiger partial charge in [0.1, 0.15) is 0 Å². The highest BCUT2D eigenvalue weighted by molar-refractivity contribution is 9.11. The van der Waals surface area contributed by atoms with Crippen LogP contribution in [0.25, 0.3) is 0 Å². The van der Waals surface area contributed by atoms with Crippen molar-refractivity contribution >= 4 is 38.3 Å². The van der Waals surface area contributed by atoms with Gasteiger partial charge in [-0.15, -0.1) is 0 Å². The zero-order valence-corrected chi connectivity index (χ0v) is 10.9. The van der Waals surface area contributed by atoms with Crippen LogP contribution in [0, 0.1) is 17.5 Å². The van der Waals surface area contributed by atoms with Crippen LogP contribution in [0.5, 0.6) is 0 Å². The monoisotopic (exact) mass is 336 g/mol. The Hall–Kier alpha value is -1.41. The van der Waals surface area contributed by atoms with Crippen LogP contribution in [0.1, 0.15) is 10.4 Å². The first-order valence-electron chi connectivity index (χ1n) is 4.55. The molecule has 0 spiro atoms. The number of carbonyl (C=O) groups is 1. The molecule has 1 heterocycles. The van der Waals surface area contributed by atoms with E-state index in [0.29, 0.717) is 9.85 Å². The lowest BCUT2D eigenvalue weighted by Crippen LogP contribution is -2.15. The molecule has 2 aromatic rings. The third-order valence-corrected chi connectivity index (χ3v) is 3.37. The summed E-state index contributed by atoms with van der Waals surface area (Å²) in [7, 11) is 0. The summed E-state index contributed by atoms with van der Waals surface area (Å²) in [6.07, 6.45) is 1.45. The Labute approximate surface area is 112 Å². The van der Waals surface area contributed by atoms with Crippen molar-refractivity contribution in [2.75, 3.05) is 5.32 Å². The second kappa shape index (κ2) is 5.07. The van der Waals surface area contributed by atoms with Gasteiger partial charge in [-0.3, -0.25) is 10.1 Å². The van der Waals surface area contributed by atoms with Gasteiger partial charge in [0.15, 0.2) is 22.6 Å². The zero-order chi connectivity index (χ0) is 13.3. The predicted molar refractivity (Wildman–Crippen MR) is 64.1 cm³/mol.